The lowest BCUT2D eigenvalue weighted by atomic mass is 9.99. The number of rotatable bonds is 10. The summed E-state index contributed by atoms with van der Waals surface area (Å²) in [4.78, 5) is 11.4. The van der Waals surface area contributed by atoms with Gasteiger partial charge in [0.25, 0.3) is 0 Å². The van der Waals surface area contributed by atoms with Gasteiger partial charge in [0.2, 0.25) is 11.8 Å². The van der Waals surface area contributed by atoms with E-state index in [1.54, 1.807) is 18.4 Å². The average Bonchev–Trinajstić information content (AvgIpc) is 3.55. The fourth-order valence-electron chi connectivity index (χ4n) is 4.29. The summed E-state index contributed by atoms with van der Waals surface area (Å²) in [7, 11) is 0. The van der Waals surface area contributed by atoms with Crippen LogP contribution in [0.5, 0.6) is 5.75 Å². The first-order chi connectivity index (χ1) is 17.2. The number of nitrogen functional groups attached to an aromatic ring is 1. The first-order valence-electron chi connectivity index (χ1n) is 12.0. The molecule has 10 heteroatoms. The predicted octanol–water partition coefficient (Wildman–Crippen LogP) is 3.61. The van der Waals surface area contributed by atoms with E-state index in [0.29, 0.717) is 35.2 Å². The van der Waals surface area contributed by atoms with Gasteiger partial charge in [-0.2, -0.15) is 9.50 Å². The van der Waals surface area contributed by atoms with Crippen LogP contribution in [0, 0.1) is 5.41 Å². The highest BCUT2D eigenvalue weighted by Gasteiger charge is 2.19. The van der Waals surface area contributed by atoms with E-state index in [-0.39, 0.29) is 5.95 Å². The third-order valence-corrected chi connectivity index (χ3v) is 6.19. The maximum absolute atomic E-state index is 7.93. The lowest BCUT2D eigenvalue weighted by Crippen LogP contribution is -2.34. The summed E-state index contributed by atoms with van der Waals surface area (Å²) < 4.78 is 12.7. The zero-order valence-electron chi connectivity index (χ0n) is 19.8. The molecule has 0 spiro atoms. The molecule has 1 aromatic carbocycles. The van der Waals surface area contributed by atoms with E-state index in [2.05, 4.69) is 50.4 Å². The van der Waals surface area contributed by atoms with Crippen LogP contribution in [0.25, 0.3) is 17.2 Å². The molecule has 1 aliphatic rings. The molecule has 10 nitrogen and oxygen atoms in total. The molecule has 4 heterocycles. The summed E-state index contributed by atoms with van der Waals surface area (Å²) >= 11 is 0. The molecule has 0 bridgehead atoms. The monoisotopic (exact) mass is 474 g/mol. The quantitative estimate of drug-likeness (QED) is 0.235. The fraction of sp³-hybridized carbons (Fsp3) is 0.360. The molecule has 0 atom stereocenters. The topological polar surface area (TPSA) is 131 Å². The Morgan fingerprint density at radius 2 is 2.17 bits per heavy atom. The standard InChI is InChI=1S/C25H30N8O2/c1-2-3-12-34-19-7-6-18-16-32(10-8-17(18)14-19)11-9-28-22-20(15-26)24-29-23(21-5-4-13-35-21)31-33(24)25(27)30-22/h4-7,13-15,26,28H,2-3,8-12,16H2,1H3,(H2,27,30). The smallest absolute Gasteiger partial charge is 0.225 e. The van der Waals surface area contributed by atoms with Crippen LogP contribution in [0.15, 0.2) is 41.0 Å². The van der Waals surface area contributed by atoms with E-state index in [0.717, 1.165) is 51.3 Å². The molecular formula is C25H30N8O2. The maximum atomic E-state index is 7.93. The average molecular weight is 475 g/mol. The van der Waals surface area contributed by atoms with Gasteiger partial charge >= 0.3 is 0 Å². The van der Waals surface area contributed by atoms with Gasteiger partial charge in [-0.05, 0) is 48.2 Å². The first-order valence-corrected chi connectivity index (χ1v) is 12.0. The van der Waals surface area contributed by atoms with Crippen molar-refractivity contribution in [3.63, 3.8) is 0 Å². The van der Waals surface area contributed by atoms with E-state index < -0.39 is 0 Å². The van der Waals surface area contributed by atoms with Gasteiger partial charge in [0.05, 0.1) is 18.4 Å². The van der Waals surface area contributed by atoms with Gasteiger partial charge < -0.3 is 25.6 Å². The Morgan fingerprint density at radius 3 is 2.97 bits per heavy atom. The highest BCUT2D eigenvalue weighted by atomic mass is 16.5. The summed E-state index contributed by atoms with van der Waals surface area (Å²) in [6.07, 6.45) is 6.00. The van der Waals surface area contributed by atoms with Crippen molar-refractivity contribution in [1.29, 1.82) is 5.41 Å². The molecule has 0 saturated carbocycles. The van der Waals surface area contributed by atoms with Crippen molar-refractivity contribution in [2.45, 2.75) is 32.7 Å². The van der Waals surface area contributed by atoms with Gasteiger partial charge in [-0.15, -0.1) is 5.10 Å². The largest absolute Gasteiger partial charge is 0.494 e. The summed E-state index contributed by atoms with van der Waals surface area (Å²) in [5, 5.41) is 15.7. The zero-order valence-corrected chi connectivity index (χ0v) is 19.8. The predicted molar refractivity (Wildman–Crippen MR) is 135 cm³/mol. The minimum absolute atomic E-state index is 0.197. The summed E-state index contributed by atoms with van der Waals surface area (Å²) in [5.74, 6) is 2.62. The van der Waals surface area contributed by atoms with Crippen molar-refractivity contribution >= 4 is 23.6 Å². The van der Waals surface area contributed by atoms with E-state index in [1.807, 2.05) is 0 Å². The Labute approximate surface area is 203 Å². The number of aromatic nitrogens is 4. The van der Waals surface area contributed by atoms with Crippen LogP contribution in [-0.4, -0.2) is 56.9 Å². The second-order valence-corrected chi connectivity index (χ2v) is 8.61. The Kier molecular flexibility index (Phi) is 6.62. The highest BCUT2D eigenvalue weighted by molar-refractivity contribution is 5.93. The number of furan rings is 1. The van der Waals surface area contributed by atoms with Crippen LogP contribution < -0.4 is 15.8 Å². The molecule has 4 aromatic rings. The second-order valence-electron chi connectivity index (χ2n) is 8.61. The van der Waals surface area contributed by atoms with Crippen LogP contribution in [0.3, 0.4) is 0 Å². The molecule has 0 radical (unpaired) electrons. The minimum atomic E-state index is 0.197. The number of nitrogens with zero attached hydrogens (tertiary/aromatic N) is 5. The van der Waals surface area contributed by atoms with E-state index in [4.69, 9.17) is 20.3 Å². The van der Waals surface area contributed by atoms with Crippen molar-refractivity contribution in [3.8, 4) is 17.3 Å². The minimum Gasteiger partial charge on any atom is -0.494 e. The summed E-state index contributed by atoms with van der Waals surface area (Å²) in [6, 6.07) is 9.99. The van der Waals surface area contributed by atoms with E-state index in [1.165, 1.54) is 21.9 Å². The van der Waals surface area contributed by atoms with Crippen LogP contribution in [0.1, 0.15) is 36.5 Å². The summed E-state index contributed by atoms with van der Waals surface area (Å²) in [5.41, 5.74) is 9.86. The summed E-state index contributed by atoms with van der Waals surface area (Å²) in [6.45, 7) is 6.32. The lowest BCUT2D eigenvalue weighted by molar-refractivity contribution is 0.262. The third-order valence-electron chi connectivity index (χ3n) is 6.19. The van der Waals surface area contributed by atoms with Crippen LogP contribution in [0.4, 0.5) is 11.8 Å². The number of hydrogen-bond acceptors (Lipinski definition) is 9. The fourth-order valence-corrected chi connectivity index (χ4v) is 4.29. The normalized spacial score (nSPS) is 13.6. The molecule has 0 fully saturated rings. The molecule has 35 heavy (non-hydrogen) atoms. The molecule has 3 aromatic heterocycles. The van der Waals surface area contributed by atoms with Crippen molar-refractivity contribution in [2.24, 2.45) is 0 Å². The van der Waals surface area contributed by atoms with Crippen molar-refractivity contribution in [2.75, 3.05) is 37.3 Å². The Balaban J connectivity index is 1.24. The highest BCUT2D eigenvalue weighted by Crippen LogP contribution is 2.25. The van der Waals surface area contributed by atoms with Gasteiger partial charge in [-0.25, -0.2) is 4.98 Å². The Bertz CT molecular complexity index is 1320. The maximum Gasteiger partial charge on any atom is 0.225 e. The number of nitrogens with one attached hydrogen (secondary N) is 2. The molecular weight excluding hydrogens is 444 g/mol. The third kappa shape index (κ3) is 4.83. The van der Waals surface area contributed by atoms with Gasteiger partial charge in [0.15, 0.2) is 11.4 Å². The SMILES string of the molecule is CCCCOc1ccc2c(c1)CCN(CCNc1nc(N)n3nc(-c4ccco4)nc3c1C=N)C2. The van der Waals surface area contributed by atoms with Gasteiger partial charge in [0, 0.05) is 32.4 Å². The number of anilines is 2. The molecule has 1 aliphatic heterocycles. The zero-order chi connectivity index (χ0) is 24.2. The Morgan fingerprint density at radius 1 is 1.26 bits per heavy atom. The molecule has 0 amide bonds. The molecule has 0 aliphatic carbocycles. The number of unbranched alkanes of at least 4 members (excludes halogenated alkanes) is 1. The molecule has 4 N–H and O–H groups in total. The lowest BCUT2D eigenvalue weighted by Gasteiger charge is -2.29. The number of fused-ring (bicyclic) bond motifs is 2. The van der Waals surface area contributed by atoms with Crippen LogP contribution in [-0.2, 0) is 13.0 Å². The van der Waals surface area contributed by atoms with Gasteiger partial charge in [0.1, 0.15) is 11.6 Å². The Hall–Kier alpha value is -3.92. The van der Waals surface area contributed by atoms with Crippen molar-refractivity contribution < 1.29 is 9.15 Å². The molecule has 0 saturated heterocycles. The number of hydrogen-bond donors (Lipinski definition) is 3. The molecule has 5 rings (SSSR count). The van der Waals surface area contributed by atoms with Crippen LogP contribution >= 0.6 is 0 Å². The van der Waals surface area contributed by atoms with Gasteiger partial charge in [-0.3, -0.25) is 4.90 Å². The molecule has 182 valence electrons. The first kappa shape index (κ1) is 22.9. The van der Waals surface area contributed by atoms with E-state index in [9.17, 15) is 0 Å². The number of benzene rings is 1. The number of ether oxygens (including phenoxy) is 1. The number of nitrogens with two attached hydrogens (primary N) is 1. The van der Waals surface area contributed by atoms with E-state index >= 15 is 0 Å². The van der Waals surface area contributed by atoms with Crippen molar-refractivity contribution in [3.05, 3.63) is 53.3 Å². The molecule has 0 unspecified atom stereocenters. The van der Waals surface area contributed by atoms with Crippen molar-refractivity contribution in [1.82, 2.24) is 24.5 Å². The van der Waals surface area contributed by atoms with Crippen LogP contribution in [0.2, 0.25) is 0 Å². The van der Waals surface area contributed by atoms with Gasteiger partial charge in [-0.1, -0.05) is 19.4 Å². The second kappa shape index (κ2) is 10.1.